The first kappa shape index (κ1) is 22.3. The van der Waals surface area contributed by atoms with Gasteiger partial charge in [0.2, 0.25) is 5.88 Å². The molecule has 166 valence electrons. The predicted octanol–water partition coefficient (Wildman–Crippen LogP) is 1.65. The molecule has 3 N–H and O–H groups in total. The van der Waals surface area contributed by atoms with Gasteiger partial charge in [-0.15, -0.1) is 0 Å². The first-order valence-corrected chi connectivity index (χ1v) is 10.5. The Morgan fingerprint density at radius 2 is 1.68 bits per heavy atom. The molecule has 0 saturated heterocycles. The van der Waals surface area contributed by atoms with Crippen molar-refractivity contribution in [1.29, 1.82) is 0 Å². The number of hydrogen-bond donors (Lipinski definition) is 3. The maximum absolute atomic E-state index is 13.2. The maximum atomic E-state index is 13.2. The molecule has 31 heavy (non-hydrogen) atoms. The van der Waals surface area contributed by atoms with Crippen molar-refractivity contribution < 1.29 is 19.8 Å². The highest BCUT2D eigenvalue weighted by molar-refractivity contribution is 5.97. The molecule has 0 radical (unpaired) electrons. The van der Waals surface area contributed by atoms with Gasteiger partial charge in [-0.3, -0.25) is 23.5 Å². The second-order valence-electron chi connectivity index (χ2n) is 7.78. The van der Waals surface area contributed by atoms with Gasteiger partial charge in [0.05, 0.1) is 6.54 Å². The van der Waals surface area contributed by atoms with Crippen LogP contribution in [0, 0.1) is 0 Å². The minimum Gasteiger partial charge on any atom is -0.494 e. The molecule has 1 aliphatic carbocycles. The van der Waals surface area contributed by atoms with E-state index in [1.165, 1.54) is 0 Å². The molecule has 3 rings (SSSR count). The van der Waals surface area contributed by atoms with E-state index in [1.54, 1.807) is 0 Å². The van der Waals surface area contributed by atoms with Gasteiger partial charge < -0.3 is 15.5 Å². The average Bonchev–Trinajstić information content (AvgIpc) is 2.76. The van der Waals surface area contributed by atoms with E-state index < -0.39 is 41.1 Å². The second kappa shape index (κ2) is 9.63. The van der Waals surface area contributed by atoms with E-state index in [4.69, 9.17) is 5.11 Å². The Hall–Kier alpha value is -3.36. The fourth-order valence-electron chi connectivity index (χ4n) is 3.97. The summed E-state index contributed by atoms with van der Waals surface area (Å²) in [6, 6.07) is 7.11. The standard InChI is InChI=1S/C22H27N3O6/c1-2-14-8-10-15(11-9-14)13-24-20(29)18(19(28)23-12-17(26)27)21(30)25(22(24)31)16-6-4-3-5-7-16/h8-11,16,29H,2-7,12-13H2,1H3,(H,23,28)(H,26,27). The largest absolute Gasteiger partial charge is 0.494 e. The Balaban J connectivity index is 2.12. The Kier molecular flexibility index (Phi) is 6.94. The molecular weight excluding hydrogens is 402 g/mol. The fourth-order valence-corrected chi connectivity index (χ4v) is 3.97. The van der Waals surface area contributed by atoms with E-state index in [-0.39, 0.29) is 12.6 Å². The van der Waals surface area contributed by atoms with Gasteiger partial charge >= 0.3 is 11.7 Å². The van der Waals surface area contributed by atoms with Gasteiger partial charge in [0.1, 0.15) is 6.54 Å². The quantitative estimate of drug-likeness (QED) is 0.613. The summed E-state index contributed by atoms with van der Waals surface area (Å²) in [6.07, 6.45) is 4.83. The normalized spacial score (nSPS) is 14.4. The van der Waals surface area contributed by atoms with Crippen molar-refractivity contribution in [2.75, 3.05) is 6.54 Å². The molecule has 9 heteroatoms. The number of nitrogens with one attached hydrogen (secondary N) is 1. The Morgan fingerprint density at radius 3 is 2.26 bits per heavy atom. The third-order valence-electron chi connectivity index (χ3n) is 5.69. The van der Waals surface area contributed by atoms with Crippen LogP contribution in [-0.2, 0) is 17.8 Å². The molecule has 0 atom stereocenters. The van der Waals surface area contributed by atoms with Crippen LogP contribution >= 0.6 is 0 Å². The van der Waals surface area contributed by atoms with Gasteiger partial charge in [0.25, 0.3) is 11.5 Å². The van der Waals surface area contributed by atoms with Crippen molar-refractivity contribution >= 4 is 11.9 Å². The third-order valence-corrected chi connectivity index (χ3v) is 5.69. The predicted molar refractivity (Wildman–Crippen MR) is 114 cm³/mol. The van der Waals surface area contributed by atoms with Crippen molar-refractivity contribution in [3.63, 3.8) is 0 Å². The number of aliphatic carboxylic acids is 1. The summed E-state index contributed by atoms with van der Waals surface area (Å²) < 4.78 is 2.06. The van der Waals surface area contributed by atoms with E-state index in [0.29, 0.717) is 12.8 Å². The molecule has 1 aromatic heterocycles. The molecule has 1 heterocycles. The highest BCUT2D eigenvalue weighted by Crippen LogP contribution is 2.26. The average molecular weight is 429 g/mol. The van der Waals surface area contributed by atoms with Crippen LogP contribution < -0.4 is 16.6 Å². The molecule has 1 amide bonds. The summed E-state index contributed by atoms with van der Waals surface area (Å²) in [7, 11) is 0. The van der Waals surface area contributed by atoms with Crippen molar-refractivity contribution in [2.45, 2.75) is 58.0 Å². The topological polar surface area (TPSA) is 131 Å². The Bertz CT molecular complexity index is 1080. The van der Waals surface area contributed by atoms with E-state index in [9.17, 15) is 24.3 Å². The van der Waals surface area contributed by atoms with Crippen LogP contribution in [0.15, 0.2) is 33.9 Å². The summed E-state index contributed by atoms with van der Waals surface area (Å²) in [5.41, 5.74) is -0.350. The molecule has 2 aromatic rings. The number of hydrogen-bond acceptors (Lipinski definition) is 5. The zero-order chi connectivity index (χ0) is 22.5. The lowest BCUT2D eigenvalue weighted by Gasteiger charge is -2.25. The number of carbonyl (C=O) groups excluding carboxylic acids is 1. The number of nitrogens with zero attached hydrogens (tertiary/aromatic N) is 2. The van der Waals surface area contributed by atoms with Gasteiger partial charge in [0, 0.05) is 6.04 Å². The zero-order valence-electron chi connectivity index (χ0n) is 17.5. The van der Waals surface area contributed by atoms with E-state index in [0.717, 1.165) is 45.9 Å². The molecule has 1 saturated carbocycles. The molecule has 0 bridgehead atoms. The van der Waals surface area contributed by atoms with Crippen LogP contribution in [0.2, 0.25) is 0 Å². The van der Waals surface area contributed by atoms with Gasteiger partial charge in [-0.1, -0.05) is 50.5 Å². The van der Waals surface area contributed by atoms with Crippen molar-refractivity contribution in [3.8, 4) is 5.88 Å². The SMILES string of the molecule is CCc1ccc(Cn2c(O)c(C(=O)NCC(=O)O)c(=O)n(C3CCCCC3)c2=O)cc1. The van der Waals surface area contributed by atoms with Crippen molar-refractivity contribution in [3.05, 3.63) is 61.8 Å². The summed E-state index contributed by atoms with van der Waals surface area (Å²) in [5, 5.41) is 21.6. The Labute approximate surface area is 179 Å². The first-order valence-electron chi connectivity index (χ1n) is 10.5. The van der Waals surface area contributed by atoms with Crippen LogP contribution in [0.5, 0.6) is 5.88 Å². The minimum absolute atomic E-state index is 0.0269. The fraction of sp³-hybridized carbons (Fsp3) is 0.455. The lowest BCUT2D eigenvalue weighted by Crippen LogP contribution is -2.47. The van der Waals surface area contributed by atoms with Gasteiger partial charge in [-0.2, -0.15) is 0 Å². The highest BCUT2D eigenvalue weighted by atomic mass is 16.4. The van der Waals surface area contributed by atoms with E-state index in [1.807, 2.05) is 31.2 Å². The van der Waals surface area contributed by atoms with Gasteiger partial charge in [-0.05, 0) is 30.4 Å². The lowest BCUT2D eigenvalue weighted by molar-refractivity contribution is -0.135. The highest BCUT2D eigenvalue weighted by Gasteiger charge is 2.28. The van der Waals surface area contributed by atoms with E-state index in [2.05, 4.69) is 5.32 Å². The number of carboxylic acid groups (broad SMARTS) is 1. The smallest absolute Gasteiger partial charge is 0.334 e. The summed E-state index contributed by atoms with van der Waals surface area (Å²) >= 11 is 0. The monoisotopic (exact) mass is 429 g/mol. The number of aryl methyl sites for hydroxylation is 1. The molecule has 0 aliphatic heterocycles. The summed E-state index contributed by atoms with van der Waals surface area (Å²) in [6.45, 7) is 1.28. The number of amides is 1. The first-order chi connectivity index (χ1) is 14.8. The molecule has 1 aromatic carbocycles. The van der Waals surface area contributed by atoms with Crippen LogP contribution in [0.3, 0.4) is 0 Å². The number of benzene rings is 1. The number of carbonyl (C=O) groups is 2. The number of aromatic nitrogens is 2. The van der Waals surface area contributed by atoms with Gasteiger partial charge in [0.15, 0.2) is 5.56 Å². The van der Waals surface area contributed by atoms with Crippen LogP contribution in [0.4, 0.5) is 0 Å². The minimum atomic E-state index is -1.29. The third kappa shape index (κ3) is 4.87. The summed E-state index contributed by atoms with van der Waals surface area (Å²) in [4.78, 5) is 49.7. The molecule has 1 fully saturated rings. The number of rotatable bonds is 7. The van der Waals surface area contributed by atoms with Gasteiger partial charge in [-0.25, -0.2) is 4.79 Å². The van der Waals surface area contributed by atoms with Crippen molar-refractivity contribution in [2.24, 2.45) is 0 Å². The second-order valence-corrected chi connectivity index (χ2v) is 7.78. The molecule has 0 spiro atoms. The summed E-state index contributed by atoms with van der Waals surface area (Å²) in [5.74, 6) is -3.07. The number of carboxylic acids is 1. The van der Waals surface area contributed by atoms with E-state index >= 15 is 0 Å². The van der Waals surface area contributed by atoms with Crippen LogP contribution in [0.1, 0.15) is 66.6 Å². The van der Waals surface area contributed by atoms with Crippen LogP contribution in [-0.4, -0.2) is 37.8 Å². The maximum Gasteiger partial charge on any atom is 0.334 e. The molecule has 9 nitrogen and oxygen atoms in total. The zero-order valence-corrected chi connectivity index (χ0v) is 17.5. The molecule has 0 unspecified atom stereocenters. The number of aromatic hydroxyl groups is 1. The molecular formula is C22H27N3O6. The van der Waals surface area contributed by atoms with Crippen molar-refractivity contribution in [1.82, 2.24) is 14.5 Å². The Morgan fingerprint density at radius 1 is 1.06 bits per heavy atom. The van der Waals surface area contributed by atoms with Crippen LogP contribution in [0.25, 0.3) is 0 Å². The molecule has 1 aliphatic rings. The lowest BCUT2D eigenvalue weighted by atomic mass is 9.95.